The lowest BCUT2D eigenvalue weighted by Crippen LogP contribution is -2.06. The third kappa shape index (κ3) is 4.81. The highest BCUT2D eigenvalue weighted by Crippen LogP contribution is 2.30. The van der Waals surface area contributed by atoms with Crippen LogP contribution in [0.3, 0.4) is 0 Å². The zero-order chi connectivity index (χ0) is 16.8. The number of hydrogen-bond donors (Lipinski definition) is 0. The Morgan fingerprint density at radius 1 is 0.870 bits per heavy atom. The second-order valence-corrected chi connectivity index (χ2v) is 5.09. The standard InChI is InChI=1S/C19H18O4/c1-13-11-19(23-15(3)21)17(12-18(13)22-14(2)20)10-9-16-7-5-4-6-8-16/h4-12H,1-3H3/b10-9+. The molecule has 23 heavy (non-hydrogen) atoms. The van der Waals surface area contributed by atoms with E-state index in [4.69, 9.17) is 9.47 Å². The maximum absolute atomic E-state index is 11.3. The van der Waals surface area contributed by atoms with Gasteiger partial charge >= 0.3 is 11.9 Å². The van der Waals surface area contributed by atoms with Gasteiger partial charge in [0, 0.05) is 19.4 Å². The molecule has 0 radical (unpaired) electrons. The molecular weight excluding hydrogens is 292 g/mol. The predicted molar refractivity (Wildman–Crippen MR) is 89.2 cm³/mol. The lowest BCUT2D eigenvalue weighted by atomic mass is 10.1. The summed E-state index contributed by atoms with van der Waals surface area (Å²) in [4.78, 5) is 22.5. The molecule has 4 heteroatoms. The van der Waals surface area contributed by atoms with Gasteiger partial charge < -0.3 is 9.47 Å². The maximum atomic E-state index is 11.3. The molecule has 0 fully saturated rings. The van der Waals surface area contributed by atoms with Gasteiger partial charge in [-0.05, 0) is 30.2 Å². The van der Waals surface area contributed by atoms with E-state index in [2.05, 4.69) is 0 Å². The number of rotatable bonds is 4. The van der Waals surface area contributed by atoms with E-state index in [1.807, 2.05) is 42.5 Å². The summed E-state index contributed by atoms with van der Waals surface area (Å²) in [5, 5.41) is 0. The number of hydrogen-bond acceptors (Lipinski definition) is 4. The van der Waals surface area contributed by atoms with Crippen LogP contribution in [0.15, 0.2) is 42.5 Å². The molecule has 0 amide bonds. The molecule has 0 aliphatic rings. The van der Waals surface area contributed by atoms with Crippen molar-refractivity contribution in [1.82, 2.24) is 0 Å². The van der Waals surface area contributed by atoms with Crippen LogP contribution in [-0.4, -0.2) is 11.9 Å². The van der Waals surface area contributed by atoms with Crippen LogP contribution in [0.5, 0.6) is 11.5 Å². The Labute approximate surface area is 135 Å². The fraction of sp³-hybridized carbons (Fsp3) is 0.158. The topological polar surface area (TPSA) is 52.6 Å². The van der Waals surface area contributed by atoms with E-state index in [0.29, 0.717) is 22.6 Å². The summed E-state index contributed by atoms with van der Waals surface area (Å²) in [5.41, 5.74) is 2.38. The molecule has 2 aromatic rings. The van der Waals surface area contributed by atoms with Gasteiger partial charge in [-0.15, -0.1) is 0 Å². The Morgan fingerprint density at radius 3 is 2.09 bits per heavy atom. The van der Waals surface area contributed by atoms with Crippen molar-refractivity contribution in [3.05, 3.63) is 59.2 Å². The number of benzene rings is 2. The first-order chi connectivity index (χ1) is 11.0. The van der Waals surface area contributed by atoms with Crippen molar-refractivity contribution < 1.29 is 19.1 Å². The molecule has 0 aliphatic heterocycles. The van der Waals surface area contributed by atoms with Gasteiger partial charge in [-0.3, -0.25) is 9.59 Å². The van der Waals surface area contributed by atoms with Crippen LogP contribution in [0.4, 0.5) is 0 Å². The summed E-state index contributed by atoms with van der Waals surface area (Å²) < 4.78 is 10.4. The van der Waals surface area contributed by atoms with E-state index in [-0.39, 0.29) is 0 Å². The summed E-state index contributed by atoms with van der Waals surface area (Å²) in [5.74, 6) is 0.0736. The van der Waals surface area contributed by atoms with Crippen LogP contribution in [-0.2, 0) is 9.59 Å². The molecule has 0 unspecified atom stereocenters. The van der Waals surface area contributed by atoms with E-state index < -0.39 is 11.9 Å². The van der Waals surface area contributed by atoms with Crippen molar-refractivity contribution in [3.63, 3.8) is 0 Å². The molecule has 0 bridgehead atoms. The zero-order valence-corrected chi connectivity index (χ0v) is 13.3. The number of carbonyl (C=O) groups excluding carboxylic acids is 2. The number of aryl methyl sites for hydroxylation is 1. The molecule has 0 heterocycles. The third-order valence-electron chi connectivity index (χ3n) is 3.07. The third-order valence-corrected chi connectivity index (χ3v) is 3.07. The highest BCUT2D eigenvalue weighted by atomic mass is 16.5. The second-order valence-electron chi connectivity index (χ2n) is 5.09. The molecule has 2 aromatic carbocycles. The molecule has 2 rings (SSSR count). The molecule has 0 saturated carbocycles. The van der Waals surface area contributed by atoms with Crippen LogP contribution in [0, 0.1) is 6.92 Å². The van der Waals surface area contributed by atoms with Crippen LogP contribution >= 0.6 is 0 Å². The predicted octanol–water partition coefficient (Wildman–Crippen LogP) is 4.02. The van der Waals surface area contributed by atoms with Crippen LogP contribution < -0.4 is 9.47 Å². The molecule has 0 N–H and O–H groups in total. The lowest BCUT2D eigenvalue weighted by Gasteiger charge is -2.11. The van der Waals surface area contributed by atoms with Gasteiger partial charge in [0.05, 0.1) is 0 Å². The van der Waals surface area contributed by atoms with Gasteiger partial charge in [-0.25, -0.2) is 0 Å². The number of carbonyl (C=O) groups is 2. The van der Waals surface area contributed by atoms with Crippen LogP contribution in [0.2, 0.25) is 0 Å². The Bertz CT molecular complexity index is 745. The van der Waals surface area contributed by atoms with E-state index in [1.54, 1.807) is 19.1 Å². The Kier molecular flexibility index (Phi) is 5.31. The molecular formula is C19H18O4. The van der Waals surface area contributed by atoms with Gasteiger partial charge in [0.15, 0.2) is 0 Å². The van der Waals surface area contributed by atoms with Crippen LogP contribution in [0.25, 0.3) is 12.2 Å². The van der Waals surface area contributed by atoms with Crippen molar-refractivity contribution in [2.24, 2.45) is 0 Å². The van der Waals surface area contributed by atoms with Crippen molar-refractivity contribution in [3.8, 4) is 11.5 Å². The molecule has 0 aromatic heterocycles. The normalized spacial score (nSPS) is 10.6. The minimum Gasteiger partial charge on any atom is -0.426 e. The minimum absolute atomic E-state index is 0.397. The van der Waals surface area contributed by atoms with Gasteiger partial charge in [0.1, 0.15) is 11.5 Å². The molecule has 0 saturated heterocycles. The average molecular weight is 310 g/mol. The fourth-order valence-electron chi connectivity index (χ4n) is 2.07. The zero-order valence-electron chi connectivity index (χ0n) is 13.3. The van der Waals surface area contributed by atoms with Gasteiger partial charge in [0.2, 0.25) is 0 Å². The summed E-state index contributed by atoms with van der Waals surface area (Å²) in [6.07, 6.45) is 3.72. The highest BCUT2D eigenvalue weighted by molar-refractivity contribution is 5.78. The summed E-state index contributed by atoms with van der Waals surface area (Å²) in [6.45, 7) is 4.48. The van der Waals surface area contributed by atoms with Gasteiger partial charge in [0.25, 0.3) is 0 Å². The van der Waals surface area contributed by atoms with Gasteiger partial charge in [-0.1, -0.05) is 42.5 Å². The molecule has 0 atom stereocenters. The smallest absolute Gasteiger partial charge is 0.308 e. The first kappa shape index (κ1) is 16.5. The van der Waals surface area contributed by atoms with Crippen molar-refractivity contribution in [2.75, 3.05) is 0 Å². The first-order valence-corrected chi connectivity index (χ1v) is 7.20. The van der Waals surface area contributed by atoms with E-state index in [9.17, 15) is 9.59 Å². The summed E-state index contributed by atoms with van der Waals surface area (Å²) in [6, 6.07) is 13.1. The van der Waals surface area contributed by atoms with Crippen molar-refractivity contribution in [1.29, 1.82) is 0 Å². The average Bonchev–Trinajstić information content (AvgIpc) is 2.48. The SMILES string of the molecule is CC(=O)Oc1cc(/C=C/c2ccccc2)c(OC(C)=O)cc1C. The largest absolute Gasteiger partial charge is 0.426 e. The first-order valence-electron chi connectivity index (χ1n) is 7.20. The monoisotopic (exact) mass is 310 g/mol. The second kappa shape index (κ2) is 7.40. The van der Waals surface area contributed by atoms with Crippen molar-refractivity contribution in [2.45, 2.75) is 20.8 Å². The lowest BCUT2D eigenvalue weighted by molar-refractivity contribution is -0.133. The van der Waals surface area contributed by atoms with Crippen molar-refractivity contribution >= 4 is 24.1 Å². The summed E-state index contributed by atoms with van der Waals surface area (Å²) >= 11 is 0. The Morgan fingerprint density at radius 2 is 1.48 bits per heavy atom. The number of ether oxygens (including phenoxy) is 2. The Balaban J connectivity index is 2.42. The maximum Gasteiger partial charge on any atom is 0.308 e. The summed E-state index contributed by atoms with van der Waals surface area (Å²) in [7, 11) is 0. The van der Waals surface area contributed by atoms with E-state index in [1.165, 1.54) is 13.8 Å². The van der Waals surface area contributed by atoms with E-state index in [0.717, 1.165) is 5.56 Å². The molecule has 0 aliphatic carbocycles. The molecule has 4 nitrogen and oxygen atoms in total. The molecule has 0 spiro atoms. The molecule has 118 valence electrons. The highest BCUT2D eigenvalue weighted by Gasteiger charge is 2.11. The Hall–Kier alpha value is -2.88. The van der Waals surface area contributed by atoms with Crippen LogP contribution in [0.1, 0.15) is 30.5 Å². The quantitative estimate of drug-likeness (QED) is 0.486. The fourth-order valence-corrected chi connectivity index (χ4v) is 2.07. The van der Waals surface area contributed by atoms with E-state index >= 15 is 0 Å². The minimum atomic E-state index is -0.404. The van der Waals surface area contributed by atoms with Gasteiger partial charge in [-0.2, -0.15) is 0 Å². The number of esters is 2.